The molecule has 2 unspecified atom stereocenters. The normalized spacial score (nSPS) is 25.4. The number of thiophene rings is 1. The van der Waals surface area contributed by atoms with E-state index in [1.165, 1.54) is 4.90 Å². The fourth-order valence-electron chi connectivity index (χ4n) is 3.13. The largest absolute Gasteiger partial charge is 0.479 e. The first-order valence-electron chi connectivity index (χ1n) is 7.37. The Morgan fingerprint density at radius 3 is 3.00 bits per heavy atom. The lowest BCUT2D eigenvalue weighted by Gasteiger charge is -2.34. The zero-order valence-electron chi connectivity index (χ0n) is 11.8. The number of carbonyl (C=O) groups is 2. The van der Waals surface area contributed by atoms with Crippen molar-refractivity contribution in [2.24, 2.45) is 0 Å². The van der Waals surface area contributed by atoms with Gasteiger partial charge in [-0.05, 0) is 42.7 Å². The third-order valence-corrected chi connectivity index (χ3v) is 5.19. The average molecular weight is 309 g/mol. The number of carboxylic acids is 1. The van der Waals surface area contributed by atoms with E-state index in [0.29, 0.717) is 19.6 Å². The summed E-state index contributed by atoms with van der Waals surface area (Å²) in [6.07, 6.45) is 4.00. The molecule has 0 radical (unpaired) electrons. The average Bonchev–Trinajstić information content (AvgIpc) is 2.95. The summed E-state index contributed by atoms with van der Waals surface area (Å²) in [4.78, 5) is 26.7. The summed E-state index contributed by atoms with van der Waals surface area (Å²) in [7, 11) is 0. The molecule has 5 nitrogen and oxygen atoms in total. The predicted octanol–water partition coefficient (Wildman–Crippen LogP) is 2.22. The highest BCUT2D eigenvalue weighted by atomic mass is 32.1. The fraction of sp³-hybridized carbons (Fsp3) is 0.600. The molecule has 114 valence electrons. The molecule has 0 aromatic carbocycles. The Balaban J connectivity index is 1.74. The van der Waals surface area contributed by atoms with E-state index in [1.54, 1.807) is 11.3 Å². The summed E-state index contributed by atoms with van der Waals surface area (Å²) in [6.45, 7) is 1.19. The van der Waals surface area contributed by atoms with E-state index in [2.05, 4.69) is 0 Å². The van der Waals surface area contributed by atoms with Gasteiger partial charge in [0.1, 0.15) is 0 Å². The molecule has 1 saturated heterocycles. The molecule has 0 spiro atoms. The zero-order valence-corrected chi connectivity index (χ0v) is 12.6. The Hall–Kier alpha value is -1.40. The van der Waals surface area contributed by atoms with Crippen molar-refractivity contribution in [3.05, 3.63) is 21.9 Å². The van der Waals surface area contributed by atoms with E-state index >= 15 is 0 Å². The molecule has 0 bridgehead atoms. The summed E-state index contributed by atoms with van der Waals surface area (Å²) in [5.41, 5.74) is 0.775. The van der Waals surface area contributed by atoms with Crippen LogP contribution in [-0.2, 0) is 20.7 Å². The number of rotatable bonds is 3. The van der Waals surface area contributed by atoms with Crippen LogP contribution in [0.3, 0.4) is 0 Å². The SMILES string of the molecule is O=C(O)C1c2ccsc2CCN1C(=O)CC1CCCCO1. The molecule has 0 saturated carbocycles. The van der Waals surface area contributed by atoms with Crippen molar-refractivity contribution < 1.29 is 19.4 Å². The van der Waals surface area contributed by atoms with E-state index in [-0.39, 0.29) is 12.0 Å². The van der Waals surface area contributed by atoms with Crippen LogP contribution in [0.2, 0.25) is 0 Å². The predicted molar refractivity (Wildman–Crippen MR) is 78.3 cm³/mol. The lowest BCUT2D eigenvalue weighted by atomic mass is 9.98. The molecule has 6 heteroatoms. The molecule has 21 heavy (non-hydrogen) atoms. The molecule has 0 aliphatic carbocycles. The quantitative estimate of drug-likeness (QED) is 0.929. The van der Waals surface area contributed by atoms with Crippen molar-refractivity contribution in [1.29, 1.82) is 0 Å². The third-order valence-electron chi connectivity index (χ3n) is 4.20. The number of amides is 1. The summed E-state index contributed by atoms with van der Waals surface area (Å²) < 4.78 is 5.60. The van der Waals surface area contributed by atoms with Crippen molar-refractivity contribution in [2.75, 3.05) is 13.2 Å². The van der Waals surface area contributed by atoms with Crippen LogP contribution in [-0.4, -0.2) is 41.1 Å². The molecule has 1 N–H and O–H groups in total. The molecule has 2 atom stereocenters. The van der Waals surface area contributed by atoms with E-state index in [4.69, 9.17) is 4.74 Å². The maximum absolute atomic E-state index is 12.5. The van der Waals surface area contributed by atoms with Gasteiger partial charge in [-0.15, -0.1) is 11.3 Å². The maximum Gasteiger partial charge on any atom is 0.331 e. The minimum Gasteiger partial charge on any atom is -0.479 e. The zero-order chi connectivity index (χ0) is 14.8. The van der Waals surface area contributed by atoms with Crippen LogP contribution in [0.1, 0.15) is 42.2 Å². The first-order valence-corrected chi connectivity index (χ1v) is 8.25. The van der Waals surface area contributed by atoms with Gasteiger partial charge in [-0.3, -0.25) is 4.79 Å². The minimum atomic E-state index is -0.952. The van der Waals surface area contributed by atoms with Gasteiger partial charge in [0.2, 0.25) is 5.91 Å². The van der Waals surface area contributed by atoms with Crippen LogP contribution in [0.5, 0.6) is 0 Å². The van der Waals surface area contributed by atoms with Crippen LogP contribution in [0.15, 0.2) is 11.4 Å². The first kappa shape index (κ1) is 14.5. The van der Waals surface area contributed by atoms with E-state index in [1.807, 2.05) is 11.4 Å². The standard InChI is InChI=1S/C15H19NO4S/c17-13(9-10-3-1-2-7-20-10)16-6-4-12-11(5-8-21-12)14(16)15(18)19/h5,8,10,14H,1-4,6-7,9H2,(H,18,19). The highest BCUT2D eigenvalue weighted by Crippen LogP contribution is 2.34. The smallest absolute Gasteiger partial charge is 0.331 e. The van der Waals surface area contributed by atoms with Gasteiger partial charge in [0, 0.05) is 18.0 Å². The maximum atomic E-state index is 12.5. The van der Waals surface area contributed by atoms with Crippen molar-refractivity contribution >= 4 is 23.2 Å². The monoisotopic (exact) mass is 309 g/mol. The molecular formula is C15H19NO4S. The number of ether oxygens (including phenoxy) is 1. The second kappa shape index (κ2) is 6.15. The Morgan fingerprint density at radius 1 is 1.43 bits per heavy atom. The Morgan fingerprint density at radius 2 is 2.29 bits per heavy atom. The van der Waals surface area contributed by atoms with Gasteiger partial charge in [0.15, 0.2) is 6.04 Å². The van der Waals surface area contributed by atoms with Crippen LogP contribution >= 0.6 is 11.3 Å². The molecule has 1 amide bonds. The van der Waals surface area contributed by atoms with E-state index < -0.39 is 12.0 Å². The molecule has 2 aliphatic heterocycles. The van der Waals surface area contributed by atoms with Crippen LogP contribution in [0, 0.1) is 0 Å². The number of fused-ring (bicyclic) bond motifs is 1. The highest BCUT2D eigenvalue weighted by Gasteiger charge is 2.37. The summed E-state index contributed by atoms with van der Waals surface area (Å²) in [6, 6.07) is 0.992. The Labute approximate surface area is 127 Å². The molecule has 2 aliphatic rings. The number of nitrogens with zero attached hydrogens (tertiary/aromatic N) is 1. The molecule has 3 heterocycles. The van der Waals surface area contributed by atoms with Crippen LogP contribution in [0.4, 0.5) is 0 Å². The second-order valence-corrected chi connectivity index (χ2v) is 6.57. The summed E-state index contributed by atoms with van der Waals surface area (Å²) in [5, 5.41) is 11.4. The van der Waals surface area contributed by atoms with Gasteiger partial charge in [-0.1, -0.05) is 0 Å². The van der Waals surface area contributed by atoms with Crippen molar-refractivity contribution in [1.82, 2.24) is 4.90 Å². The molecule has 1 aromatic heterocycles. The number of hydrogen-bond donors (Lipinski definition) is 1. The van der Waals surface area contributed by atoms with E-state index in [0.717, 1.165) is 36.1 Å². The first-order chi connectivity index (χ1) is 10.2. The van der Waals surface area contributed by atoms with Crippen molar-refractivity contribution in [3.8, 4) is 0 Å². The Bertz CT molecular complexity index is 536. The number of aliphatic carboxylic acids is 1. The highest BCUT2D eigenvalue weighted by molar-refractivity contribution is 7.10. The van der Waals surface area contributed by atoms with Gasteiger partial charge in [0.05, 0.1) is 12.5 Å². The van der Waals surface area contributed by atoms with Gasteiger partial charge >= 0.3 is 5.97 Å². The molecule has 1 aromatic rings. The van der Waals surface area contributed by atoms with Gasteiger partial charge in [-0.25, -0.2) is 4.79 Å². The van der Waals surface area contributed by atoms with E-state index in [9.17, 15) is 14.7 Å². The topological polar surface area (TPSA) is 66.8 Å². The van der Waals surface area contributed by atoms with Gasteiger partial charge in [-0.2, -0.15) is 0 Å². The van der Waals surface area contributed by atoms with Crippen LogP contribution < -0.4 is 0 Å². The summed E-state index contributed by atoms with van der Waals surface area (Å²) >= 11 is 1.57. The number of hydrogen-bond acceptors (Lipinski definition) is 4. The number of carboxylic acid groups (broad SMARTS) is 1. The third kappa shape index (κ3) is 2.96. The molecule has 1 fully saturated rings. The lowest BCUT2D eigenvalue weighted by molar-refractivity contribution is -0.152. The van der Waals surface area contributed by atoms with Crippen LogP contribution in [0.25, 0.3) is 0 Å². The van der Waals surface area contributed by atoms with Crippen molar-refractivity contribution in [2.45, 2.75) is 44.2 Å². The second-order valence-electron chi connectivity index (χ2n) is 5.57. The molecular weight excluding hydrogens is 290 g/mol. The summed E-state index contributed by atoms with van der Waals surface area (Å²) in [5.74, 6) is -1.06. The van der Waals surface area contributed by atoms with Gasteiger partial charge < -0.3 is 14.7 Å². The molecule has 3 rings (SSSR count). The number of carbonyl (C=O) groups excluding carboxylic acids is 1. The van der Waals surface area contributed by atoms with Gasteiger partial charge in [0.25, 0.3) is 0 Å². The van der Waals surface area contributed by atoms with Crippen molar-refractivity contribution in [3.63, 3.8) is 0 Å². The Kier molecular flexibility index (Phi) is 4.26. The minimum absolute atomic E-state index is 0.0513. The lowest BCUT2D eigenvalue weighted by Crippen LogP contribution is -2.44. The fourth-order valence-corrected chi connectivity index (χ4v) is 4.04.